The molecule has 0 aromatic heterocycles. The molecule has 0 unspecified atom stereocenters. The molecule has 0 fully saturated rings. The molecule has 0 saturated carbocycles. The number of nitrogens with one attached hydrogen (secondary N) is 1. The Morgan fingerprint density at radius 2 is 1.56 bits per heavy atom. The highest BCUT2D eigenvalue weighted by molar-refractivity contribution is 7.92. The van der Waals surface area contributed by atoms with Crippen LogP contribution in [0.4, 0.5) is 10.1 Å². The number of sulfonamides is 1. The molecule has 0 saturated heterocycles. The van der Waals surface area contributed by atoms with Crippen LogP contribution >= 0.6 is 0 Å². The van der Waals surface area contributed by atoms with Crippen LogP contribution in [0.1, 0.15) is 39.2 Å². The number of carbonyl (C=O) groups excluding carboxylic acids is 2. The Hall–Kier alpha value is -4.12. The summed E-state index contributed by atoms with van der Waals surface area (Å²) in [5.74, 6) is -0.928. The van der Waals surface area contributed by atoms with Crippen molar-refractivity contribution < 1.29 is 31.9 Å². The second kappa shape index (κ2) is 15.4. The molecular weight excluding hydrogens is 573 g/mol. The highest BCUT2D eigenvalue weighted by atomic mass is 32.2. The molecule has 0 bridgehead atoms. The van der Waals surface area contributed by atoms with Gasteiger partial charge in [-0.15, -0.1) is 0 Å². The first-order chi connectivity index (χ1) is 20.5. The lowest BCUT2D eigenvalue weighted by atomic mass is 10.1. The number of hydrogen-bond acceptors (Lipinski definition) is 6. The molecule has 9 nitrogen and oxygen atoms in total. The Morgan fingerprint density at radius 3 is 2.14 bits per heavy atom. The molecule has 0 radical (unpaired) electrons. The van der Waals surface area contributed by atoms with Crippen LogP contribution in [0.3, 0.4) is 0 Å². The van der Waals surface area contributed by atoms with Crippen molar-refractivity contribution in [2.75, 3.05) is 31.6 Å². The summed E-state index contributed by atoms with van der Waals surface area (Å²) in [4.78, 5) is 28.7. The van der Waals surface area contributed by atoms with Crippen molar-refractivity contribution in [2.24, 2.45) is 0 Å². The molecule has 2 atom stereocenters. The molecule has 0 aliphatic carbocycles. The highest BCUT2D eigenvalue weighted by Gasteiger charge is 2.34. The summed E-state index contributed by atoms with van der Waals surface area (Å²) >= 11 is 0. The van der Waals surface area contributed by atoms with Gasteiger partial charge in [-0.2, -0.15) is 0 Å². The third-order valence-electron chi connectivity index (χ3n) is 7.21. The van der Waals surface area contributed by atoms with E-state index in [1.165, 1.54) is 49.5 Å². The quantitative estimate of drug-likeness (QED) is 0.264. The number of carbonyl (C=O) groups is 2. The van der Waals surface area contributed by atoms with Gasteiger partial charge in [0, 0.05) is 18.7 Å². The normalized spacial score (nSPS) is 12.6. The highest BCUT2D eigenvalue weighted by Crippen LogP contribution is 2.32. The number of anilines is 1. The minimum Gasteiger partial charge on any atom is -0.493 e. The van der Waals surface area contributed by atoms with E-state index in [4.69, 9.17) is 9.47 Å². The first kappa shape index (κ1) is 33.4. The SMILES string of the molecule is CC[C@@H](C)NC(=O)[C@@H](CC)N(CCc1ccccc1)C(=O)CN(c1ccc(F)cc1)S(=O)(=O)c1ccc(OC)c(OC)c1. The summed E-state index contributed by atoms with van der Waals surface area (Å²) in [6, 6.07) is 17.5. The molecule has 1 N–H and O–H groups in total. The van der Waals surface area contributed by atoms with Crippen LogP contribution in [-0.4, -0.2) is 64.5 Å². The molecule has 3 aromatic carbocycles. The molecule has 0 aliphatic rings. The lowest BCUT2D eigenvalue weighted by Gasteiger charge is -2.33. The lowest BCUT2D eigenvalue weighted by molar-refractivity contribution is -0.139. The van der Waals surface area contributed by atoms with Crippen molar-refractivity contribution >= 4 is 27.5 Å². The van der Waals surface area contributed by atoms with Crippen LogP contribution in [0.15, 0.2) is 77.7 Å². The van der Waals surface area contributed by atoms with Crippen molar-refractivity contribution in [3.63, 3.8) is 0 Å². The average Bonchev–Trinajstić information content (AvgIpc) is 3.02. The summed E-state index contributed by atoms with van der Waals surface area (Å²) in [5.41, 5.74) is 1.05. The van der Waals surface area contributed by atoms with Crippen LogP contribution in [0.2, 0.25) is 0 Å². The fourth-order valence-corrected chi connectivity index (χ4v) is 6.01. The van der Waals surface area contributed by atoms with Crippen LogP contribution < -0.4 is 19.1 Å². The van der Waals surface area contributed by atoms with Crippen LogP contribution in [0.5, 0.6) is 11.5 Å². The molecule has 0 heterocycles. The summed E-state index contributed by atoms with van der Waals surface area (Å²) in [7, 11) is -1.55. The number of hydrogen-bond donors (Lipinski definition) is 1. The van der Waals surface area contributed by atoms with Crippen molar-refractivity contribution in [2.45, 2.75) is 57.0 Å². The third kappa shape index (κ3) is 8.47. The Morgan fingerprint density at radius 1 is 0.907 bits per heavy atom. The van der Waals surface area contributed by atoms with Crippen molar-refractivity contribution in [1.82, 2.24) is 10.2 Å². The molecular formula is C32H40FN3O6S. The minimum atomic E-state index is -4.37. The maximum Gasteiger partial charge on any atom is 0.264 e. The van der Waals surface area contributed by atoms with E-state index >= 15 is 0 Å². The maximum atomic E-state index is 14.1. The fourth-order valence-electron chi connectivity index (χ4n) is 4.58. The zero-order chi connectivity index (χ0) is 31.6. The van der Waals surface area contributed by atoms with Crippen LogP contribution in [0.25, 0.3) is 0 Å². The van der Waals surface area contributed by atoms with E-state index in [1.54, 1.807) is 0 Å². The maximum absolute atomic E-state index is 14.1. The lowest BCUT2D eigenvalue weighted by Crippen LogP contribution is -2.54. The predicted octanol–water partition coefficient (Wildman–Crippen LogP) is 4.80. The second-order valence-electron chi connectivity index (χ2n) is 10.1. The van der Waals surface area contributed by atoms with E-state index in [2.05, 4.69) is 5.32 Å². The smallest absolute Gasteiger partial charge is 0.264 e. The Bertz CT molecular complexity index is 1470. The first-order valence-corrected chi connectivity index (χ1v) is 15.6. The molecule has 43 heavy (non-hydrogen) atoms. The monoisotopic (exact) mass is 613 g/mol. The Kier molecular flexibility index (Phi) is 11.9. The largest absolute Gasteiger partial charge is 0.493 e. The van der Waals surface area contributed by atoms with E-state index in [0.717, 1.165) is 22.0 Å². The summed E-state index contributed by atoms with van der Waals surface area (Å²) in [5, 5.41) is 2.95. The summed E-state index contributed by atoms with van der Waals surface area (Å²) < 4.78 is 53.5. The number of methoxy groups -OCH3 is 2. The van der Waals surface area contributed by atoms with Crippen LogP contribution in [0, 0.1) is 5.82 Å². The standard InChI is InChI=1S/C32H40FN3O6S/c1-6-23(3)34-32(38)28(7-2)35(20-19-24-11-9-8-10-12-24)31(37)22-36(26-15-13-25(33)14-16-26)43(39,40)27-17-18-29(41-4)30(21-27)42-5/h8-18,21,23,28H,6-7,19-20,22H2,1-5H3,(H,34,38)/t23-,28-/m1/s1. The van der Waals surface area contributed by atoms with Gasteiger partial charge in [0.25, 0.3) is 10.0 Å². The van der Waals surface area contributed by atoms with Gasteiger partial charge in [-0.3, -0.25) is 13.9 Å². The van der Waals surface area contributed by atoms with E-state index in [0.29, 0.717) is 25.0 Å². The molecule has 0 aliphatic heterocycles. The molecule has 0 spiro atoms. The fraction of sp³-hybridized carbons (Fsp3) is 0.375. The van der Waals surface area contributed by atoms with E-state index in [1.807, 2.05) is 51.1 Å². The number of ether oxygens (including phenoxy) is 2. The van der Waals surface area contributed by atoms with E-state index < -0.39 is 34.3 Å². The topological polar surface area (TPSA) is 105 Å². The third-order valence-corrected chi connectivity index (χ3v) is 8.98. The Labute approximate surface area is 253 Å². The van der Waals surface area contributed by atoms with Gasteiger partial charge in [-0.1, -0.05) is 44.2 Å². The Balaban J connectivity index is 2.05. The van der Waals surface area contributed by atoms with E-state index in [9.17, 15) is 22.4 Å². The minimum absolute atomic E-state index is 0.0876. The summed E-state index contributed by atoms with van der Waals surface area (Å²) in [6.45, 7) is 5.20. The average molecular weight is 614 g/mol. The zero-order valence-electron chi connectivity index (χ0n) is 25.2. The molecule has 3 rings (SSSR count). The van der Waals surface area contributed by atoms with Gasteiger partial charge in [0.2, 0.25) is 11.8 Å². The van der Waals surface area contributed by atoms with Crippen LogP contribution in [-0.2, 0) is 26.0 Å². The number of halogens is 1. The number of amides is 2. The first-order valence-electron chi connectivity index (χ1n) is 14.2. The van der Waals surface area contributed by atoms with Gasteiger partial charge in [0.15, 0.2) is 11.5 Å². The van der Waals surface area contributed by atoms with Crippen molar-refractivity contribution in [1.29, 1.82) is 0 Å². The number of rotatable bonds is 15. The number of nitrogens with zero attached hydrogens (tertiary/aromatic N) is 2. The summed E-state index contributed by atoms with van der Waals surface area (Å²) in [6.07, 6.45) is 1.49. The van der Waals surface area contributed by atoms with Crippen molar-refractivity contribution in [3.8, 4) is 11.5 Å². The van der Waals surface area contributed by atoms with Gasteiger partial charge in [0.05, 0.1) is 24.8 Å². The molecule has 232 valence electrons. The van der Waals surface area contributed by atoms with Gasteiger partial charge < -0.3 is 19.7 Å². The van der Waals surface area contributed by atoms with Gasteiger partial charge in [0.1, 0.15) is 18.4 Å². The van der Waals surface area contributed by atoms with Gasteiger partial charge >= 0.3 is 0 Å². The van der Waals surface area contributed by atoms with E-state index in [-0.39, 0.29) is 34.8 Å². The van der Waals surface area contributed by atoms with Gasteiger partial charge in [-0.05, 0) is 68.1 Å². The van der Waals surface area contributed by atoms with Crippen molar-refractivity contribution in [3.05, 3.63) is 84.2 Å². The zero-order valence-corrected chi connectivity index (χ0v) is 26.1. The molecule has 3 aromatic rings. The second-order valence-corrected chi connectivity index (χ2v) is 11.9. The molecule has 2 amide bonds. The molecule has 11 heteroatoms. The van der Waals surface area contributed by atoms with Gasteiger partial charge in [-0.25, -0.2) is 12.8 Å². The predicted molar refractivity (Wildman–Crippen MR) is 164 cm³/mol. The number of benzene rings is 3.